The van der Waals surface area contributed by atoms with Gasteiger partial charge < -0.3 is 4.90 Å². The molecule has 0 aromatic carbocycles. The highest BCUT2D eigenvalue weighted by Gasteiger charge is 2.21. The van der Waals surface area contributed by atoms with Crippen LogP contribution in [0.25, 0.3) is 5.52 Å². The summed E-state index contributed by atoms with van der Waals surface area (Å²) in [5, 5.41) is 4.45. The number of hydrogen-bond donors (Lipinski definition) is 0. The molecule has 1 fully saturated rings. The molecule has 0 amide bonds. The zero-order valence-corrected chi connectivity index (χ0v) is 11.1. The molecule has 0 atom stereocenters. The third kappa shape index (κ3) is 1.96. The number of aryl methyl sites for hydroxylation is 1. The quantitative estimate of drug-likeness (QED) is 0.814. The van der Waals surface area contributed by atoms with Crippen molar-refractivity contribution in [2.24, 2.45) is 0 Å². The average Bonchev–Trinajstić information content (AvgIpc) is 2.79. The first-order valence-electron chi connectivity index (χ1n) is 6.79. The first-order chi connectivity index (χ1) is 8.75. The third-order valence-electron chi connectivity index (χ3n) is 3.95. The molecule has 0 unspecified atom stereocenters. The van der Waals surface area contributed by atoms with Crippen LogP contribution in [-0.4, -0.2) is 27.7 Å². The lowest BCUT2D eigenvalue weighted by Crippen LogP contribution is -2.34. The maximum Gasteiger partial charge on any atom is 0.154 e. The van der Waals surface area contributed by atoms with Gasteiger partial charge in [0.2, 0.25) is 0 Å². The Bertz CT molecular complexity index is 540. The number of rotatable bonds is 2. The van der Waals surface area contributed by atoms with Crippen molar-refractivity contribution in [2.75, 3.05) is 11.9 Å². The minimum atomic E-state index is 0.632. The van der Waals surface area contributed by atoms with Crippen LogP contribution in [0.5, 0.6) is 0 Å². The van der Waals surface area contributed by atoms with Crippen molar-refractivity contribution >= 4 is 11.3 Å². The topological polar surface area (TPSA) is 33.4 Å². The number of aromatic nitrogens is 3. The standard InChI is InChI=1S/C14H20N4/c1-11-10-13-14(15-8-9-18(13)16-11)17(2)12-6-4-3-5-7-12/h8-10,12H,3-7H2,1-2H3. The first-order valence-corrected chi connectivity index (χ1v) is 6.79. The van der Waals surface area contributed by atoms with E-state index in [1.807, 2.05) is 23.8 Å². The Labute approximate surface area is 108 Å². The molecule has 0 N–H and O–H groups in total. The summed E-state index contributed by atoms with van der Waals surface area (Å²) >= 11 is 0. The summed E-state index contributed by atoms with van der Waals surface area (Å²) in [6.45, 7) is 2.03. The highest BCUT2D eigenvalue weighted by Crippen LogP contribution is 2.27. The molecular weight excluding hydrogens is 224 g/mol. The Morgan fingerprint density at radius 3 is 2.83 bits per heavy atom. The summed E-state index contributed by atoms with van der Waals surface area (Å²) in [5.41, 5.74) is 2.16. The molecule has 3 rings (SSSR count). The van der Waals surface area contributed by atoms with E-state index in [-0.39, 0.29) is 0 Å². The second-order valence-corrected chi connectivity index (χ2v) is 5.27. The van der Waals surface area contributed by atoms with Gasteiger partial charge in [-0.25, -0.2) is 9.50 Å². The van der Waals surface area contributed by atoms with Crippen molar-refractivity contribution in [1.82, 2.24) is 14.6 Å². The number of fused-ring (bicyclic) bond motifs is 1. The molecular formula is C14H20N4. The summed E-state index contributed by atoms with van der Waals surface area (Å²) in [5.74, 6) is 1.06. The van der Waals surface area contributed by atoms with Crippen LogP contribution in [0, 0.1) is 6.92 Å². The van der Waals surface area contributed by atoms with Crippen molar-refractivity contribution in [3.63, 3.8) is 0 Å². The van der Waals surface area contributed by atoms with Gasteiger partial charge in [-0.3, -0.25) is 0 Å². The molecule has 4 nitrogen and oxygen atoms in total. The Balaban J connectivity index is 1.97. The van der Waals surface area contributed by atoms with Crippen LogP contribution in [0.2, 0.25) is 0 Å². The second kappa shape index (κ2) is 4.59. The minimum absolute atomic E-state index is 0.632. The van der Waals surface area contributed by atoms with E-state index in [9.17, 15) is 0 Å². The average molecular weight is 244 g/mol. The van der Waals surface area contributed by atoms with Crippen LogP contribution >= 0.6 is 0 Å². The van der Waals surface area contributed by atoms with Crippen molar-refractivity contribution in [3.05, 3.63) is 24.2 Å². The highest BCUT2D eigenvalue weighted by atomic mass is 15.3. The normalized spacial score (nSPS) is 17.2. The van der Waals surface area contributed by atoms with Crippen LogP contribution < -0.4 is 4.90 Å². The van der Waals surface area contributed by atoms with Gasteiger partial charge in [-0.2, -0.15) is 5.10 Å². The van der Waals surface area contributed by atoms with Crippen molar-refractivity contribution in [3.8, 4) is 0 Å². The molecule has 2 heterocycles. The summed E-state index contributed by atoms with van der Waals surface area (Å²) in [6, 6.07) is 2.74. The summed E-state index contributed by atoms with van der Waals surface area (Å²) in [6.07, 6.45) is 10.4. The number of hydrogen-bond acceptors (Lipinski definition) is 3. The zero-order valence-electron chi connectivity index (χ0n) is 11.1. The molecule has 1 aliphatic carbocycles. The molecule has 0 bridgehead atoms. The lowest BCUT2D eigenvalue weighted by atomic mass is 9.94. The van der Waals surface area contributed by atoms with Crippen molar-refractivity contribution in [2.45, 2.75) is 45.1 Å². The summed E-state index contributed by atoms with van der Waals surface area (Å²) in [4.78, 5) is 6.90. The second-order valence-electron chi connectivity index (χ2n) is 5.27. The van der Waals surface area contributed by atoms with Crippen LogP contribution in [0.15, 0.2) is 18.5 Å². The summed E-state index contributed by atoms with van der Waals surface area (Å²) in [7, 11) is 2.17. The smallest absolute Gasteiger partial charge is 0.154 e. The first kappa shape index (κ1) is 11.5. The van der Waals surface area contributed by atoms with Crippen molar-refractivity contribution < 1.29 is 0 Å². The molecule has 96 valence electrons. The monoisotopic (exact) mass is 244 g/mol. The predicted octanol–water partition coefficient (Wildman–Crippen LogP) is 2.81. The van der Waals surface area contributed by atoms with Crippen LogP contribution in [0.1, 0.15) is 37.8 Å². The van der Waals surface area contributed by atoms with E-state index in [0.717, 1.165) is 17.0 Å². The van der Waals surface area contributed by atoms with E-state index in [0.29, 0.717) is 6.04 Å². The van der Waals surface area contributed by atoms with Crippen molar-refractivity contribution in [1.29, 1.82) is 0 Å². The molecule has 1 aliphatic rings. The van der Waals surface area contributed by atoms with E-state index < -0.39 is 0 Å². The van der Waals surface area contributed by atoms with E-state index in [2.05, 4.69) is 28.1 Å². The minimum Gasteiger partial charge on any atom is -0.355 e. The molecule has 0 radical (unpaired) electrons. The van der Waals surface area contributed by atoms with E-state index in [1.54, 1.807) is 0 Å². The molecule has 18 heavy (non-hydrogen) atoms. The molecule has 2 aromatic rings. The lowest BCUT2D eigenvalue weighted by Gasteiger charge is -2.32. The van der Waals surface area contributed by atoms with Gasteiger partial charge in [-0.05, 0) is 25.8 Å². The highest BCUT2D eigenvalue weighted by molar-refractivity contribution is 5.69. The van der Waals surface area contributed by atoms with Gasteiger partial charge in [0, 0.05) is 25.5 Å². The van der Waals surface area contributed by atoms with Crippen LogP contribution in [-0.2, 0) is 0 Å². The van der Waals surface area contributed by atoms with Gasteiger partial charge in [0.1, 0.15) is 5.52 Å². The molecule has 1 saturated carbocycles. The van der Waals surface area contributed by atoms with Gasteiger partial charge in [-0.15, -0.1) is 0 Å². The SMILES string of the molecule is Cc1cc2c(N(C)C3CCCCC3)nccn2n1. The Hall–Kier alpha value is -1.58. The van der Waals surface area contributed by atoms with E-state index in [4.69, 9.17) is 0 Å². The molecule has 4 heteroatoms. The van der Waals surface area contributed by atoms with Gasteiger partial charge in [-0.1, -0.05) is 19.3 Å². The van der Waals surface area contributed by atoms with Gasteiger partial charge in [0.25, 0.3) is 0 Å². The van der Waals surface area contributed by atoms with Crippen LogP contribution in [0.3, 0.4) is 0 Å². The Morgan fingerprint density at radius 2 is 2.06 bits per heavy atom. The Kier molecular flexibility index (Phi) is 2.94. The molecule has 0 saturated heterocycles. The molecule has 0 spiro atoms. The van der Waals surface area contributed by atoms with E-state index in [1.165, 1.54) is 32.1 Å². The van der Waals surface area contributed by atoms with E-state index >= 15 is 0 Å². The summed E-state index contributed by atoms with van der Waals surface area (Å²) < 4.78 is 1.93. The molecule has 2 aromatic heterocycles. The predicted molar refractivity (Wildman–Crippen MR) is 73.0 cm³/mol. The van der Waals surface area contributed by atoms with Gasteiger partial charge >= 0.3 is 0 Å². The largest absolute Gasteiger partial charge is 0.355 e. The zero-order chi connectivity index (χ0) is 12.5. The fourth-order valence-electron chi connectivity index (χ4n) is 2.94. The fourth-order valence-corrected chi connectivity index (χ4v) is 2.94. The van der Waals surface area contributed by atoms with Crippen LogP contribution in [0.4, 0.5) is 5.82 Å². The number of anilines is 1. The maximum absolute atomic E-state index is 4.56. The Morgan fingerprint density at radius 1 is 1.28 bits per heavy atom. The van der Waals surface area contributed by atoms with Gasteiger partial charge in [0.15, 0.2) is 5.82 Å². The lowest BCUT2D eigenvalue weighted by molar-refractivity contribution is 0.426. The number of nitrogens with zero attached hydrogens (tertiary/aromatic N) is 4. The third-order valence-corrected chi connectivity index (χ3v) is 3.95. The maximum atomic E-state index is 4.56. The molecule has 0 aliphatic heterocycles. The fraction of sp³-hybridized carbons (Fsp3) is 0.571. The van der Waals surface area contributed by atoms with Gasteiger partial charge in [0.05, 0.1) is 5.69 Å².